The quantitative estimate of drug-likeness (QED) is 0.797. The van der Waals surface area contributed by atoms with Crippen molar-refractivity contribution in [2.75, 3.05) is 19.0 Å². The number of nitrogens with one attached hydrogen (secondary N) is 2. The number of anilines is 1. The fourth-order valence-electron chi connectivity index (χ4n) is 2.01. The molecule has 0 spiro atoms. The minimum atomic E-state index is -0.676. The zero-order valence-electron chi connectivity index (χ0n) is 12.9. The van der Waals surface area contributed by atoms with E-state index in [0.29, 0.717) is 5.56 Å². The number of esters is 1. The standard InChI is InChI=1S/C17H16F2N2O3/c1-24-17(23)11-6-7-14(19)15(8-11)21-16(22)10-20-9-12-4-2-3-5-13(12)18/h2-8,20H,9-10H2,1H3,(H,21,22). The molecule has 0 aliphatic carbocycles. The van der Waals surface area contributed by atoms with Crippen LogP contribution >= 0.6 is 0 Å². The number of rotatable bonds is 6. The largest absolute Gasteiger partial charge is 0.465 e. The molecule has 0 aliphatic heterocycles. The zero-order chi connectivity index (χ0) is 17.5. The maximum Gasteiger partial charge on any atom is 0.337 e. The third-order valence-electron chi connectivity index (χ3n) is 3.22. The number of ether oxygens (including phenoxy) is 1. The van der Waals surface area contributed by atoms with Crippen LogP contribution in [0, 0.1) is 11.6 Å². The summed E-state index contributed by atoms with van der Waals surface area (Å²) in [5.74, 6) is -2.21. The van der Waals surface area contributed by atoms with Crippen LogP contribution in [0.5, 0.6) is 0 Å². The normalized spacial score (nSPS) is 10.3. The minimum Gasteiger partial charge on any atom is -0.465 e. The molecule has 2 N–H and O–H groups in total. The van der Waals surface area contributed by atoms with Gasteiger partial charge >= 0.3 is 5.97 Å². The summed E-state index contributed by atoms with van der Waals surface area (Å²) in [6.07, 6.45) is 0. The van der Waals surface area contributed by atoms with Gasteiger partial charge in [-0.2, -0.15) is 0 Å². The highest BCUT2D eigenvalue weighted by Crippen LogP contribution is 2.16. The van der Waals surface area contributed by atoms with Crippen LogP contribution in [0.3, 0.4) is 0 Å². The Balaban J connectivity index is 1.92. The highest BCUT2D eigenvalue weighted by molar-refractivity contribution is 5.95. The number of amides is 1. The zero-order valence-corrected chi connectivity index (χ0v) is 12.9. The van der Waals surface area contributed by atoms with E-state index in [4.69, 9.17) is 0 Å². The van der Waals surface area contributed by atoms with E-state index >= 15 is 0 Å². The van der Waals surface area contributed by atoms with Gasteiger partial charge in [-0.1, -0.05) is 18.2 Å². The predicted octanol–water partition coefficient (Wildman–Crippen LogP) is 2.48. The Morgan fingerprint density at radius 1 is 1.08 bits per heavy atom. The van der Waals surface area contributed by atoms with E-state index in [1.807, 2.05) is 0 Å². The summed E-state index contributed by atoms with van der Waals surface area (Å²) in [6.45, 7) is 0.0149. The van der Waals surface area contributed by atoms with E-state index in [0.717, 1.165) is 6.07 Å². The van der Waals surface area contributed by atoms with Crippen molar-refractivity contribution < 1.29 is 23.1 Å². The molecule has 5 nitrogen and oxygen atoms in total. The van der Waals surface area contributed by atoms with E-state index in [2.05, 4.69) is 15.4 Å². The molecule has 0 bridgehead atoms. The van der Waals surface area contributed by atoms with E-state index in [1.165, 1.54) is 25.3 Å². The van der Waals surface area contributed by atoms with Crippen molar-refractivity contribution in [2.45, 2.75) is 6.54 Å². The minimum absolute atomic E-state index is 0.119. The summed E-state index contributed by atoms with van der Waals surface area (Å²) in [5.41, 5.74) is 0.410. The van der Waals surface area contributed by atoms with Gasteiger partial charge in [0, 0.05) is 12.1 Å². The predicted molar refractivity (Wildman–Crippen MR) is 84.5 cm³/mol. The van der Waals surface area contributed by atoms with Crippen LogP contribution in [0.1, 0.15) is 15.9 Å². The van der Waals surface area contributed by atoms with Crippen LogP contribution in [-0.4, -0.2) is 25.5 Å². The molecule has 1 amide bonds. The van der Waals surface area contributed by atoms with Crippen molar-refractivity contribution in [1.82, 2.24) is 5.32 Å². The number of carbonyl (C=O) groups is 2. The Morgan fingerprint density at radius 2 is 1.83 bits per heavy atom. The summed E-state index contributed by atoms with van der Waals surface area (Å²) >= 11 is 0. The second-order valence-corrected chi connectivity index (χ2v) is 4.93. The molecule has 0 unspecified atom stereocenters. The van der Waals surface area contributed by atoms with E-state index < -0.39 is 17.7 Å². The Kier molecular flexibility index (Phi) is 5.97. The molecule has 2 aromatic carbocycles. The van der Waals surface area contributed by atoms with Crippen LogP contribution in [0.15, 0.2) is 42.5 Å². The summed E-state index contributed by atoms with van der Waals surface area (Å²) in [6, 6.07) is 9.69. The molecule has 2 aromatic rings. The third-order valence-corrected chi connectivity index (χ3v) is 3.22. The molecule has 0 aromatic heterocycles. The van der Waals surface area contributed by atoms with Gasteiger partial charge in [-0.3, -0.25) is 4.79 Å². The number of halogens is 2. The lowest BCUT2D eigenvalue weighted by atomic mass is 10.2. The number of hydrogen-bond acceptors (Lipinski definition) is 4. The first-order valence-electron chi connectivity index (χ1n) is 7.13. The monoisotopic (exact) mass is 334 g/mol. The van der Waals surface area contributed by atoms with Gasteiger partial charge < -0.3 is 15.4 Å². The fraction of sp³-hybridized carbons (Fsp3) is 0.176. The summed E-state index contributed by atoms with van der Waals surface area (Å²) in [5, 5.41) is 5.12. The number of methoxy groups -OCH3 is 1. The lowest BCUT2D eigenvalue weighted by Crippen LogP contribution is -2.28. The lowest BCUT2D eigenvalue weighted by molar-refractivity contribution is -0.115. The second kappa shape index (κ2) is 8.16. The maximum atomic E-state index is 13.7. The van der Waals surface area contributed by atoms with E-state index in [1.54, 1.807) is 18.2 Å². The maximum absolute atomic E-state index is 13.7. The molecule has 0 aliphatic rings. The topological polar surface area (TPSA) is 67.4 Å². The molecule has 2 rings (SSSR count). The Labute approximate surface area is 137 Å². The molecule has 0 fully saturated rings. The number of benzene rings is 2. The summed E-state index contributed by atoms with van der Waals surface area (Å²) in [7, 11) is 1.20. The Hall–Kier alpha value is -2.80. The van der Waals surface area contributed by atoms with E-state index in [-0.39, 0.29) is 30.2 Å². The van der Waals surface area contributed by atoms with Gasteiger partial charge in [0.25, 0.3) is 0 Å². The Bertz CT molecular complexity index is 750. The average Bonchev–Trinajstić information content (AvgIpc) is 2.58. The molecular formula is C17H16F2N2O3. The first-order valence-corrected chi connectivity index (χ1v) is 7.13. The van der Waals surface area contributed by atoms with Crippen LogP contribution in [-0.2, 0) is 16.1 Å². The fourth-order valence-corrected chi connectivity index (χ4v) is 2.01. The molecule has 0 atom stereocenters. The van der Waals surface area contributed by atoms with Crippen molar-refractivity contribution in [2.24, 2.45) is 0 Å². The highest BCUT2D eigenvalue weighted by Gasteiger charge is 2.12. The molecule has 0 heterocycles. The molecule has 0 saturated carbocycles. The van der Waals surface area contributed by atoms with Crippen LogP contribution in [0.25, 0.3) is 0 Å². The molecule has 126 valence electrons. The van der Waals surface area contributed by atoms with Gasteiger partial charge in [0.15, 0.2) is 0 Å². The van der Waals surface area contributed by atoms with Gasteiger partial charge in [0.2, 0.25) is 5.91 Å². The van der Waals surface area contributed by atoms with Gasteiger partial charge in [-0.25, -0.2) is 13.6 Å². The molecule has 0 radical (unpaired) electrons. The average molecular weight is 334 g/mol. The van der Waals surface area contributed by atoms with Crippen molar-refractivity contribution in [3.63, 3.8) is 0 Å². The molecular weight excluding hydrogens is 318 g/mol. The van der Waals surface area contributed by atoms with Gasteiger partial charge in [0.05, 0.1) is 24.9 Å². The molecule has 24 heavy (non-hydrogen) atoms. The molecule has 0 saturated heterocycles. The number of carbonyl (C=O) groups excluding carboxylic acids is 2. The first kappa shape index (κ1) is 17.6. The third kappa shape index (κ3) is 4.60. The van der Waals surface area contributed by atoms with Crippen molar-refractivity contribution in [1.29, 1.82) is 0 Å². The van der Waals surface area contributed by atoms with Crippen LogP contribution in [0.2, 0.25) is 0 Å². The highest BCUT2D eigenvalue weighted by atomic mass is 19.1. The van der Waals surface area contributed by atoms with Crippen molar-refractivity contribution in [3.05, 3.63) is 65.2 Å². The van der Waals surface area contributed by atoms with Crippen molar-refractivity contribution >= 4 is 17.6 Å². The molecule has 7 heteroatoms. The van der Waals surface area contributed by atoms with Gasteiger partial charge in [0.1, 0.15) is 11.6 Å². The van der Waals surface area contributed by atoms with Crippen molar-refractivity contribution in [3.8, 4) is 0 Å². The SMILES string of the molecule is COC(=O)c1ccc(F)c(NC(=O)CNCc2ccccc2F)c1. The van der Waals surface area contributed by atoms with E-state index in [9.17, 15) is 18.4 Å². The lowest BCUT2D eigenvalue weighted by Gasteiger charge is -2.09. The smallest absolute Gasteiger partial charge is 0.337 e. The van der Waals surface area contributed by atoms with Crippen LogP contribution in [0.4, 0.5) is 14.5 Å². The first-order chi connectivity index (χ1) is 11.5. The van der Waals surface area contributed by atoms with Gasteiger partial charge in [-0.05, 0) is 24.3 Å². The number of hydrogen-bond donors (Lipinski definition) is 2. The summed E-state index contributed by atoms with van der Waals surface area (Å²) in [4.78, 5) is 23.3. The Morgan fingerprint density at radius 3 is 2.54 bits per heavy atom. The van der Waals surface area contributed by atoms with Crippen LogP contribution < -0.4 is 10.6 Å². The van der Waals surface area contributed by atoms with Gasteiger partial charge in [-0.15, -0.1) is 0 Å². The summed E-state index contributed by atoms with van der Waals surface area (Å²) < 4.78 is 31.7. The second-order valence-electron chi connectivity index (χ2n) is 4.93.